The van der Waals surface area contributed by atoms with E-state index in [1.165, 1.54) is 5.56 Å². The zero-order valence-electron chi connectivity index (χ0n) is 13.5. The summed E-state index contributed by atoms with van der Waals surface area (Å²) in [7, 11) is 0. The zero-order valence-corrected chi connectivity index (χ0v) is 13.5. The molecule has 0 saturated carbocycles. The van der Waals surface area contributed by atoms with Crippen LogP contribution in [0.4, 0.5) is 0 Å². The molecule has 0 saturated heterocycles. The fourth-order valence-corrected chi connectivity index (χ4v) is 1.75. The second-order valence-corrected chi connectivity index (χ2v) is 6.35. The summed E-state index contributed by atoms with van der Waals surface area (Å²) in [6.07, 6.45) is 0.433. The molecule has 3 heteroatoms. The molecule has 1 aromatic carbocycles. The molecule has 20 heavy (non-hydrogen) atoms. The second-order valence-electron chi connectivity index (χ2n) is 6.35. The van der Waals surface area contributed by atoms with Crippen molar-refractivity contribution in [3.05, 3.63) is 29.8 Å². The van der Waals surface area contributed by atoms with Crippen LogP contribution in [0.5, 0.6) is 5.75 Å². The first-order valence-electron chi connectivity index (χ1n) is 7.31. The molecule has 2 unspecified atom stereocenters. The Morgan fingerprint density at radius 1 is 1.20 bits per heavy atom. The van der Waals surface area contributed by atoms with Gasteiger partial charge in [0.1, 0.15) is 5.75 Å². The van der Waals surface area contributed by atoms with Crippen LogP contribution in [0.2, 0.25) is 0 Å². The third kappa shape index (κ3) is 4.87. The van der Waals surface area contributed by atoms with Crippen molar-refractivity contribution in [2.45, 2.75) is 65.5 Å². The molecule has 1 aromatic rings. The van der Waals surface area contributed by atoms with Crippen molar-refractivity contribution in [1.82, 2.24) is 5.32 Å². The normalized spacial score (nSPS) is 14.5. The van der Waals surface area contributed by atoms with Crippen molar-refractivity contribution in [3.63, 3.8) is 0 Å². The van der Waals surface area contributed by atoms with E-state index in [1.54, 1.807) is 6.92 Å². The molecule has 0 aromatic heterocycles. The van der Waals surface area contributed by atoms with Crippen molar-refractivity contribution < 1.29 is 9.53 Å². The molecule has 0 aliphatic carbocycles. The second kappa shape index (κ2) is 6.78. The minimum Gasteiger partial charge on any atom is -0.481 e. The highest BCUT2D eigenvalue weighted by molar-refractivity contribution is 5.80. The zero-order chi connectivity index (χ0) is 15.3. The Labute approximate surface area is 122 Å². The largest absolute Gasteiger partial charge is 0.481 e. The molecule has 1 rings (SSSR count). The number of amides is 1. The van der Waals surface area contributed by atoms with Crippen LogP contribution in [-0.4, -0.2) is 18.1 Å². The summed E-state index contributed by atoms with van der Waals surface area (Å²) in [5, 5.41) is 2.92. The van der Waals surface area contributed by atoms with E-state index in [-0.39, 0.29) is 17.4 Å². The van der Waals surface area contributed by atoms with Crippen molar-refractivity contribution in [2.75, 3.05) is 0 Å². The smallest absolute Gasteiger partial charge is 0.260 e. The van der Waals surface area contributed by atoms with E-state index < -0.39 is 6.10 Å². The van der Waals surface area contributed by atoms with E-state index in [9.17, 15) is 4.79 Å². The van der Waals surface area contributed by atoms with Gasteiger partial charge in [-0.2, -0.15) is 0 Å². The Balaban J connectivity index is 2.62. The Hall–Kier alpha value is -1.51. The molecule has 0 aliphatic rings. The highest BCUT2D eigenvalue weighted by Crippen LogP contribution is 2.24. The number of benzene rings is 1. The Kier molecular flexibility index (Phi) is 5.61. The number of rotatable bonds is 5. The predicted molar refractivity (Wildman–Crippen MR) is 83.1 cm³/mol. The molecule has 0 radical (unpaired) electrons. The van der Waals surface area contributed by atoms with E-state index in [1.807, 2.05) is 26.0 Å². The van der Waals surface area contributed by atoms with Gasteiger partial charge in [-0.05, 0) is 43.4 Å². The SMILES string of the molecule is CCC(C)NC(=O)C(C)Oc1ccc(C(C)(C)C)cc1. The van der Waals surface area contributed by atoms with Gasteiger partial charge in [0, 0.05) is 6.04 Å². The van der Waals surface area contributed by atoms with Crippen LogP contribution in [0.25, 0.3) is 0 Å². The van der Waals surface area contributed by atoms with Crippen molar-refractivity contribution in [1.29, 1.82) is 0 Å². The van der Waals surface area contributed by atoms with Gasteiger partial charge in [-0.3, -0.25) is 4.79 Å². The summed E-state index contributed by atoms with van der Waals surface area (Å²) in [4.78, 5) is 11.9. The molecular formula is C17H27NO2. The maximum absolute atomic E-state index is 11.9. The molecule has 0 fully saturated rings. The number of hydrogen-bond donors (Lipinski definition) is 1. The van der Waals surface area contributed by atoms with Gasteiger partial charge in [0.15, 0.2) is 6.10 Å². The first-order valence-corrected chi connectivity index (χ1v) is 7.31. The van der Waals surface area contributed by atoms with Gasteiger partial charge in [-0.1, -0.05) is 39.8 Å². The quantitative estimate of drug-likeness (QED) is 0.892. The van der Waals surface area contributed by atoms with Gasteiger partial charge in [0.05, 0.1) is 0 Å². The average Bonchev–Trinajstić information content (AvgIpc) is 2.38. The monoisotopic (exact) mass is 277 g/mol. The van der Waals surface area contributed by atoms with Crippen LogP contribution in [0.15, 0.2) is 24.3 Å². The summed E-state index contributed by atoms with van der Waals surface area (Å²) >= 11 is 0. The van der Waals surface area contributed by atoms with Gasteiger partial charge in [-0.15, -0.1) is 0 Å². The van der Waals surface area contributed by atoms with Crippen LogP contribution in [0, 0.1) is 0 Å². The molecular weight excluding hydrogens is 250 g/mol. The maximum Gasteiger partial charge on any atom is 0.260 e. The fourth-order valence-electron chi connectivity index (χ4n) is 1.75. The molecule has 1 N–H and O–H groups in total. The fraction of sp³-hybridized carbons (Fsp3) is 0.588. The lowest BCUT2D eigenvalue weighted by molar-refractivity contribution is -0.127. The summed E-state index contributed by atoms with van der Waals surface area (Å²) in [6.45, 7) is 12.3. The summed E-state index contributed by atoms with van der Waals surface area (Å²) in [6, 6.07) is 8.13. The lowest BCUT2D eigenvalue weighted by Crippen LogP contribution is -2.40. The van der Waals surface area contributed by atoms with E-state index in [0.29, 0.717) is 0 Å². The third-order valence-electron chi connectivity index (χ3n) is 3.40. The van der Waals surface area contributed by atoms with E-state index in [2.05, 4.69) is 38.2 Å². The number of ether oxygens (including phenoxy) is 1. The number of carbonyl (C=O) groups is 1. The van der Waals surface area contributed by atoms with Crippen LogP contribution in [0.1, 0.15) is 53.5 Å². The lowest BCUT2D eigenvalue weighted by atomic mass is 9.87. The van der Waals surface area contributed by atoms with Gasteiger partial charge < -0.3 is 10.1 Å². The van der Waals surface area contributed by atoms with Gasteiger partial charge in [0.25, 0.3) is 5.91 Å². The molecule has 0 spiro atoms. The van der Waals surface area contributed by atoms with Crippen molar-refractivity contribution >= 4 is 5.91 Å². The van der Waals surface area contributed by atoms with Crippen LogP contribution < -0.4 is 10.1 Å². The Bertz CT molecular complexity index is 431. The minimum absolute atomic E-state index is 0.0701. The van der Waals surface area contributed by atoms with Gasteiger partial charge >= 0.3 is 0 Å². The number of carbonyl (C=O) groups excluding carboxylic acids is 1. The summed E-state index contributed by atoms with van der Waals surface area (Å²) < 4.78 is 5.68. The minimum atomic E-state index is -0.482. The third-order valence-corrected chi connectivity index (χ3v) is 3.40. The highest BCUT2D eigenvalue weighted by Gasteiger charge is 2.17. The summed E-state index contributed by atoms with van der Waals surface area (Å²) in [5.74, 6) is 0.657. The average molecular weight is 277 g/mol. The summed E-state index contributed by atoms with van der Waals surface area (Å²) in [5.41, 5.74) is 1.37. The van der Waals surface area contributed by atoms with Crippen molar-refractivity contribution in [2.24, 2.45) is 0 Å². The number of hydrogen-bond acceptors (Lipinski definition) is 2. The molecule has 2 atom stereocenters. The number of nitrogens with one attached hydrogen (secondary N) is 1. The predicted octanol–water partition coefficient (Wildman–Crippen LogP) is 3.67. The highest BCUT2D eigenvalue weighted by atomic mass is 16.5. The first-order chi connectivity index (χ1) is 9.24. The molecule has 0 heterocycles. The van der Waals surface area contributed by atoms with E-state index in [4.69, 9.17) is 4.74 Å². The first kappa shape index (κ1) is 16.5. The molecule has 112 valence electrons. The van der Waals surface area contributed by atoms with Gasteiger partial charge in [0.2, 0.25) is 0 Å². The Morgan fingerprint density at radius 3 is 2.20 bits per heavy atom. The topological polar surface area (TPSA) is 38.3 Å². The van der Waals surface area contributed by atoms with Gasteiger partial charge in [-0.25, -0.2) is 0 Å². The maximum atomic E-state index is 11.9. The molecule has 0 aliphatic heterocycles. The van der Waals surface area contributed by atoms with E-state index in [0.717, 1.165) is 12.2 Å². The Morgan fingerprint density at radius 2 is 1.75 bits per heavy atom. The lowest BCUT2D eigenvalue weighted by Gasteiger charge is -2.20. The molecule has 0 bridgehead atoms. The van der Waals surface area contributed by atoms with Crippen LogP contribution in [0.3, 0.4) is 0 Å². The molecule has 3 nitrogen and oxygen atoms in total. The van der Waals surface area contributed by atoms with Crippen LogP contribution in [-0.2, 0) is 10.2 Å². The van der Waals surface area contributed by atoms with Crippen LogP contribution >= 0.6 is 0 Å². The van der Waals surface area contributed by atoms with E-state index >= 15 is 0 Å². The molecule has 1 amide bonds. The van der Waals surface area contributed by atoms with Crippen molar-refractivity contribution in [3.8, 4) is 5.75 Å². The standard InChI is InChI=1S/C17H27NO2/c1-7-12(2)18-16(19)13(3)20-15-10-8-14(9-11-15)17(4,5)6/h8-13H,7H2,1-6H3,(H,18,19).